The zero-order valence-electron chi connectivity index (χ0n) is 12.5. The highest BCUT2D eigenvalue weighted by Gasteiger charge is 2.12. The average Bonchev–Trinajstić information content (AvgIpc) is 2.51. The molecule has 0 fully saturated rings. The molecule has 0 unspecified atom stereocenters. The lowest BCUT2D eigenvalue weighted by Gasteiger charge is -2.08. The molecule has 23 heavy (non-hydrogen) atoms. The minimum absolute atomic E-state index is 0.0711. The van der Waals surface area contributed by atoms with Gasteiger partial charge in [-0.25, -0.2) is 4.98 Å². The van der Waals surface area contributed by atoms with Crippen molar-refractivity contribution in [2.45, 2.75) is 13.3 Å². The van der Waals surface area contributed by atoms with Gasteiger partial charge in [0.15, 0.2) is 5.69 Å². The van der Waals surface area contributed by atoms with Gasteiger partial charge in [-0.2, -0.15) is 0 Å². The van der Waals surface area contributed by atoms with Crippen LogP contribution in [0.4, 0.5) is 5.69 Å². The van der Waals surface area contributed by atoms with Crippen LogP contribution in [0.25, 0.3) is 0 Å². The van der Waals surface area contributed by atoms with Crippen molar-refractivity contribution in [2.24, 2.45) is 0 Å². The maximum atomic E-state index is 11.8. The number of hydrogen-bond acceptors (Lipinski definition) is 4. The van der Waals surface area contributed by atoms with Crippen LogP contribution in [-0.2, 0) is 4.79 Å². The molecule has 1 aromatic carbocycles. The van der Waals surface area contributed by atoms with Gasteiger partial charge in [-0.15, -0.1) is 0 Å². The number of aryl methyl sites for hydroxylation is 1. The molecule has 0 spiro atoms. The van der Waals surface area contributed by atoms with Crippen LogP contribution in [0.2, 0.25) is 5.02 Å². The molecule has 2 rings (SSSR count). The number of halogens is 1. The Kier molecular flexibility index (Phi) is 5.54. The quantitative estimate of drug-likeness (QED) is 0.784. The maximum absolute atomic E-state index is 11.8. The average molecular weight is 334 g/mol. The molecule has 120 valence electrons. The van der Waals surface area contributed by atoms with E-state index >= 15 is 0 Å². The van der Waals surface area contributed by atoms with Crippen LogP contribution in [0.15, 0.2) is 36.5 Å². The van der Waals surface area contributed by atoms with Gasteiger partial charge < -0.3 is 15.7 Å². The molecule has 2 aromatic rings. The van der Waals surface area contributed by atoms with Crippen LogP contribution in [0.5, 0.6) is 5.75 Å². The first-order valence-corrected chi connectivity index (χ1v) is 7.33. The molecule has 1 aromatic heterocycles. The summed E-state index contributed by atoms with van der Waals surface area (Å²) in [6.45, 7) is 2.00. The summed E-state index contributed by atoms with van der Waals surface area (Å²) < 4.78 is 0. The Balaban J connectivity index is 1.82. The van der Waals surface area contributed by atoms with Gasteiger partial charge >= 0.3 is 0 Å². The van der Waals surface area contributed by atoms with Crippen LogP contribution in [0.3, 0.4) is 0 Å². The SMILES string of the molecule is Cc1ccc(NC(=O)CCNC(=O)c2ncccc2O)cc1Cl. The number of nitrogens with one attached hydrogen (secondary N) is 2. The predicted octanol–water partition coefficient (Wildman–Crippen LogP) is 2.51. The molecule has 0 aliphatic heterocycles. The number of carbonyl (C=O) groups excluding carboxylic acids is 2. The van der Waals surface area contributed by atoms with E-state index in [1.807, 2.05) is 13.0 Å². The molecule has 1 heterocycles. The van der Waals surface area contributed by atoms with E-state index in [1.54, 1.807) is 12.1 Å². The highest BCUT2D eigenvalue weighted by atomic mass is 35.5. The summed E-state index contributed by atoms with van der Waals surface area (Å²) in [6.07, 6.45) is 1.49. The highest BCUT2D eigenvalue weighted by molar-refractivity contribution is 6.31. The van der Waals surface area contributed by atoms with E-state index in [1.165, 1.54) is 18.3 Å². The van der Waals surface area contributed by atoms with Gasteiger partial charge in [0.2, 0.25) is 5.91 Å². The number of amides is 2. The summed E-state index contributed by atoms with van der Waals surface area (Å²) in [4.78, 5) is 27.4. The number of pyridine rings is 1. The summed E-state index contributed by atoms with van der Waals surface area (Å²) in [5.74, 6) is -0.992. The molecule has 2 amide bonds. The lowest BCUT2D eigenvalue weighted by atomic mass is 10.2. The first-order valence-electron chi connectivity index (χ1n) is 6.95. The number of hydrogen-bond donors (Lipinski definition) is 3. The summed E-state index contributed by atoms with van der Waals surface area (Å²) in [6, 6.07) is 8.12. The molecule has 0 aliphatic carbocycles. The van der Waals surface area contributed by atoms with Crippen molar-refractivity contribution in [2.75, 3.05) is 11.9 Å². The van der Waals surface area contributed by atoms with Crippen LogP contribution >= 0.6 is 11.6 Å². The number of aromatic hydroxyl groups is 1. The summed E-state index contributed by atoms with van der Waals surface area (Å²) in [5.41, 5.74) is 1.45. The van der Waals surface area contributed by atoms with Gasteiger partial charge in [-0.05, 0) is 36.8 Å². The zero-order chi connectivity index (χ0) is 16.8. The minimum Gasteiger partial charge on any atom is -0.505 e. The van der Waals surface area contributed by atoms with E-state index in [-0.39, 0.29) is 30.3 Å². The van der Waals surface area contributed by atoms with E-state index in [2.05, 4.69) is 15.6 Å². The molecule has 0 aliphatic rings. The standard InChI is InChI=1S/C16H16ClN3O3/c1-10-4-5-11(9-12(10)17)20-14(22)6-8-19-16(23)15-13(21)3-2-7-18-15/h2-5,7,9,21H,6,8H2,1H3,(H,19,23)(H,20,22). The van der Waals surface area contributed by atoms with Crippen molar-refractivity contribution in [3.05, 3.63) is 52.8 Å². The number of carbonyl (C=O) groups is 2. The number of nitrogens with zero attached hydrogens (tertiary/aromatic N) is 1. The lowest BCUT2D eigenvalue weighted by molar-refractivity contribution is -0.116. The van der Waals surface area contributed by atoms with Crippen LogP contribution in [-0.4, -0.2) is 28.4 Å². The Bertz CT molecular complexity index is 734. The molecule has 6 nitrogen and oxygen atoms in total. The Morgan fingerprint density at radius 3 is 2.78 bits per heavy atom. The zero-order valence-corrected chi connectivity index (χ0v) is 13.2. The summed E-state index contributed by atoms with van der Waals surface area (Å²) >= 11 is 5.99. The lowest BCUT2D eigenvalue weighted by Crippen LogP contribution is -2.28. The first-order chi connectivity index (χ1) is 11.0. The van der Waals surface area contributed by atoms with Crippen LogP contribution in [0.1, 0.15) is 22.5 Å². The summed E-state index contributed by atoms with van der Waals surface area (Å²) in [7, 11) is 0. The van der Waals surface area contributed by atoms with Crippen molar-refractivity contribution in [3.8, 4) is 5.75 Å². The van der Waals surface area contributed by atoms with Crippen molar-refractivity contribution < 1.29 is 14.7 Å². The Morgan fingerprint density at radius 1 is 1.30 bits per heavy atom. The Labute approximate surface area is 138 Å². The maximum Gasteiger partial charge on any atom is 0.273 e. The summed E-state index contributed by atoms with van der Waals surface area (Å²) in [5, 5.41) is 15.3. The van der Waals surface area contributed by atoms with Gasteiger partial charge in [0.1, 0.15) is 5.75 Å². The second kappa shape index (κ2) is 7.60. The fourth-order valence-corrected chi connectivity index (χ4v) is 2.02. The smallest absolute Gasteiger partial charge is 0.273 e. The second-order valence-electron chi connectivity index (χ2n) is 4.89. The normalized spacial score (nSPS) is 10.2. The largest absolute Gasteiger partial charge is 0.505 e. The second-order valence-corrected chi connectivity index (χ2v) is 5.30. The first kappa shape index (κ1) is 16.8. The third-order valence-corrected chi connectivity index (χ3v) is 3.50. The number of anilines is 1. The fraction of sp³-hybridized carbons (Fsp3) is 0.188. The van der Waals surface area contributed by atoms with Gasteiger partial charge in [0.05, 0.1) is 0 Å². The minimum atomic E-state index is -0.533. The molecule has 0 atom stereocenters. The van der Waals surface area contributed by atoms with E-state index in [0.29, 0.717) is 10.7 Å². The van der Waals surface area contributed by atoms with Gasteiger partial charge in [-0.3, -0.25) is 9.59 Å². The van der Waals surface area contributed by atoms with Gasteiger partial charge in [-0.1, -0.05) is 17.7 Å². The molecular weight excluding hydrogens is 318 g/mol. The molecule has 3 N–H and O–H groups in total. The number of aromatic nitrogens is 1. The van der Waals surface area contributed by atoms with Crippen molar-refractivity contribution in [1.82, 2.24) is 10.3 Å². The predicted molar refractivity (Wildman–Crippen MR) is 87.7 cm³/mol. The molecule has 0 saturated carbocycles. The van der Waals surface area contributed by atoms with Crippen LogP contribution < -0.4 is 10.6 Å². The van der Waals surface area contributed by atoms with E-state index < -0.39 is 5.91 Å². The number of benzene rings is 1. The van der Waals surface area contributed by atoms with E-state index in [4.69, 9.17) is 11.6 Å². The fourth-order valence-electron chi connectivity index (χ4n) is 1.84. The molecule has 7 heteroatoms. The third-order valence-electron chi connectivity index (χ3n) is 3.09. The Morgan fingerprint density at radius 2 is 2.09 bits per heavy atom. The van der Waals surface area contributed by atoms with Crippen molar-refractivity contribution >= 4 is 29.1 Å². The number of rotatable bonds is 5. The Hall–Kier alpha value is -2.60. The van der Waals surface area contributed by atoms with Gasteiger partial charge in [0.25, 0.3) is 5.91 Å². The molecule has 0 bridgehead atoms. The molecule has 0 radical (unpaired) electrons. The third kappa shape index (κ3) is 4.69. The van der Waals surface area contributed by atoms with Crippen LogP contribution in [0, 0.1) is 6.92 Å². The van der Waals surface area contributed by atoms with Crippen molar-refractivity contribution in [3.63, 3.8) is 0 Å². The monoisotopic (exact) mass is 333 g/mol. The van der Waals surface area contributed by atoms with Crippen molar-refractivity contribution in [1.29, 1.82) is 0 Å². The highest BCUT2D eigenvalue weighted by Crippen LogP contribution is 2.20. The van der Waals surface area contributed by atoms with E-state index in [0.717, 1.165) is 5.56 Å². The molecular formula is C16H16ClN3O3. The van der Waals surface area contributed by atoms with Gasteiger partial charge in [0, 0.05) is 29.9 Å². The topological polar surface area (TPSA) is 91.3 Å². The molecule has 0 saturated heterocycles. The van der Waals surface area contributed by atoms with E-state index in [9.17, 15) is 14.7 Å².